The number of benzene rings is 1. The summed E-state index contributed by atoms with van der Waals surface area (Å²) in [5.41, 5.74) is 2.00. The SMILES string of the molecule is CCCc1nnsc1C(NCC)c1cc2ccccc2o1. The molecule has 21 heavy (non-hydrogen) atoms. The van der Waals surface area contributed by atoms with Crippen LogP contribution in [0.3, 0.4) is 0 Å². The largest absolute Gasteiger partial charge is 0.459 e. The normalized spacial score (nSPS) is 12.9. The number of fused-ring (bicyclic) bond motifs is 1. The van der Waals surface area contributed by atoms with E-state index in [2.05, 4.69) is 40.9 Å². The summed E-state index contributed by atoms with van der Waals surface area (Å²) >= 11 is 1.46. The van der Waals surface area contributed by atoms with Crippen molar-refractivity contribution in [2.75, 3.05) is 6.54 Å². The molecule has 4 nitrogen and oxygen atoms in total. The minimum Gasteiger partial charge on any atom is -0.459 e. The maximum absolute atomic E-state index is 6.03. The van der Waals surface area contributed by atoms with Crippen LogP contribution in [0.25, 0.3) is 11.0 Å². The first-order valence-electron chi connectivity index (χ1n) is 7.36. The lowest BCUT2D eigenvalue weighted by Crippen LogP contribution is -2.21. The monoisotopic (exact) mass is 301 g/mol. The first-order chi connectivity index (χ1) is 10.3. The van der Waals surface area contributed by atoms with E-state index in [0.29, 0.717) is 0 Å². The van der Waals surface area contributed by atoms with Crippen LogP contribution in [0.2, 0.25) is 0 Å². The van der Waals surface area contributed by atoms with Crippen LogP contribution >= 0.6 is 11.5 Å². The molecule has 5 heteroatoms. The van der Waals surface area contributed by atoms with Crippen LogP contribution in [0.5, 0.6) is 0 Å². The van der Waals surface area contributed by atoms with Crippen molar-refractivity contribution >= 4 is 22.5 Å². The van der Waals surface area contributed by atoms with Crippen molar-refractivity contribution < 1.29 is 4.42 Å². The average molecular weight is 301 g/mol. The highest BCUT2D eigenvalue weighted by molar-refractivity contribution is 7.05. The van der Waals surface area contributed by atoms with Gasteiger partial charge in [-0.25, -0.2) is 0 Å². The predicted molar refractivity (Wildman–Crippen MR) is 85.6 cm³/mol. The Kier molecular flexibility index (Phi) is 4.31. The van der Waals surface area contributed by atoms with Gasteiger partial charge in [0.2, 0.25) is 0 Å². The van der Waals surface area contributed by atoms with E-state index < -0.39 is 0 Å². The fourth-order valence-corrected chi connectivity index (χ4v) is 3.30. The van der Waals surface area contributed by atoms with Gasteiger partial charge in [-0.15, -0.1) is 5.10 Å². The number of rotatable bonds is 6. The molecule has 2 aromatic heterocycles. The van der Waals surface area contributed by atoms with Crippen molar-refractivity contribution in [3.05, 3.63) is 46.7 Å². The Morgan fingerprint density at radius 3 is 2.90 bits per heavy atom. The van der Waals surface area contributed by atoms with Crippen LogP contribution in [-0.4, -0.2) is 16.1 Å². The zero-order valence-corrected chi connectivity index (χ0v) is 13.1. The predicted octanol–water partition coefficient (Wildman–Crippen LogP) is 3.94. The maximum Gasteiger partial charge on any atom is 0.134 e. The van der Waals surface area contributed by atoms with E-state index in [9.17, 15) is 0 Å². The molecule has 0 bridgehead atoms. The summed E-state index contributed by atoms with van der Waals surface area (Å²) in [4.78, 5) is 1.16. The molecule has 3 rings (SSSR count). The van der Waals surface area contributed by atoms with Crippen LogP contribution in [-0.2, 0) is 6.42 Å². The fourth-order valence-electron chi connectivity index (χ4n) is 2.52. The summed E-state index contributed by atoms with van der Waals surface area (Å²) < 4.78 is 10.2. The zero-order chi connectivity index (χ0) is 14.7. The molecule has 0 aliphatic heterocycles. The van der Waals surface area contributed by atoms with E-state index in [1.54, 1.807) is 0 Å². The molecule has 0 aliphatic rings. The molecule has 1 atom stereocenters. The summed E-state index contributed by atoms with van der Waals surface area (Å²) in [5.74, 6) is 0.932. The molecule has 0 fully saturated rings. The van der Waals surface area contributed by atoms with Crippen molar-refractivity contribution in [1.29, 1.82) is 0 Å². The standard InChI is InChI=1S/C16H19N3OS/c1-3-7-12-16(21-19-18-12)15(17-4-2)14-10-11-8-5-6-9-13(11)20-14/h5-6,8-10,15,17H,3-4,7H2,1-2H3. The summed E-state index contributed by atoms with van der Waals surface area (Å²) in [5, 5.41) is 8.90. The molecule has 0 radical (unpaired) electrons. The molecule has 3 aromatic rings. The Hall–Kier alpha value is -1.72. The molecule has 110 valence electrons. The van der Waals surface area contributed by atoms with Gasteiger partial charge in [0, 0.05) is 5.39 Å². The Morgan fingerprint density at radius 1 is 1.29 bits per heavy atom. The number of aromatic nitrogens is 2. The van der Waals surface area contributed by atoms with Gasteiger partial charge in [0.25, 0.3) is 0 Å². The number of nitrogens with zero attached hydrogens (tertiary/aromatic N) is 2. The second-order valence-electron chi connectivity index (χ2n) is 5.01. The summed E-state index contributed by atoms with van der Waals surface area (Å²) in [6.07, 6.45) is 2.02. The molecule has 0 amide bonds. The van der Waals surface area contributed by atoms with Crippen LogP contribution in [0.1, 0.15) is 42.6 Å². The Morgan fingerprint density at radius 2 is 2.14 bits per heavy atom. The van der Waals surface area contributed by atoms with Crippen LogP contribution < -0.4 is 5.32 Å². The third-order valence-electron chi connectivity index (χ3n) is 3.47. The molecule has 1 aromatic carbocycles. The molecular formula is C16H19N3OS. The molecule has 1 unspecified atom stereocenters. The molecule has 0 spiro atoms. The first-order valence-corrected chi connectivity index (χ1v) is 8.13. The van der Waals surface area contributed by atoms with E-state index in [1.807, 2.05) is 18.2 Å². The lowest BCUT2D eigenvalue weighted by atomic mass is 10.1. The molecule has 1 N–H and O–H groups in total. The van der Waals surface area contributed by atoms with Gasteiger partial charge in [0.1, 0.15) is 17.4 Å². The Labute approximate surface area is 128 Å². The van der Waals surface area contributed by atoms with E-state index in [0.717, 1.165) is 46.7 Å². The van der Waals surface area contributed by atoms with Crippen LogP contribution in [0, 0.1) is 0 Å². The lowest BCUT2D eigenvalue weighted by Gasteiger charge is -2.14. The number of hydrogen-bond acceptors (Lipinski definition) is 5. The average Bonchev–Trinajstić information content (AvgIpc) is 3.11. The fraction of sp³-hybridized carbons (Fsp3) is 0.375. The highest BCUT2D eigenvalue weighted by Gasteiger charge is 2.23. The van der Waals surface area contributed by atoms with Gasteiger partial charge in [-0.05, 0) is 36.6 Å². The highest BCUT2D eigenvalue weighted by Crippen LogP contribution is 2.31. The Balaban J connectivity index is 2.02. The van der Waals surface area contributed by atoms with Crippen LogP contribution in [0.15, 0.2) is 34.7 Å². The quantitative estimate of drug-likeness (QED) is 0.749. The van der Waals surface area contributed by atoms with Crippen molar-refractivity contribution in [3.8, 4) is 0 Å². The minimum absolute atomic E-state index is 0.0314. The second kappa shape index (κ2) is 6.37. The number of hydrogen-bond donors (Lipinski definition) is 1. The maximum atomic E-state index is 6.03. The second-order valence-corrected chi connectivity index (χ2v) is 5.80. The highest BCUT2D eigenvalue weighted by atomic mass is 32.1. The third-order valence-corrected chi connectivity index (χ3v) is 4.30. The van der Waals surface area contributed by atoms with E-state index in [-0.39, 0.29) is 6.04 Å². The van der Waals surface area contributed by atoms with Crippen LogP contribution in [0.4, 0.5) is 0 Å². The van der Waals surface area contributed by atoms with E-state index >= 15 is 0 Å². The molecular weight excluding hydrogens is 282 g/mol. The number of nitrogens with one attached hydrogen (secondary N) is 1. The zero-order valence-electron chi connectivity index (χ0n) is 12.3. The Bertz CT molecular complexity index is 686. The number of aryl methyl sites for hydroxylation is 1. The molecule has 0 saturated heterocycles. The topological polar surface area (TPSA) is 51.0 Å². The van der Waals surface area contributed by atoms with Gasteiger partial charge < -0.3 is 9.73 Å². The smallest absolute Gasteiger partial charge is 0.134 e. The van der Waals surface area contributed by atoms with Crippen molar-refractivity contribution in [3.63, 3.8) is 0 Å². The van der Waals surface area contributed by atoms with E-state index in [4.69, 9.17) is 4.42 Å². The van der Waals surface area contributed by atoms with Gasteiger partial charge in [-0.3, -0.25) is 0 Å². The number of furan rings is 1. The van der Waals surface area contributed by atoms with Crippen molar-refractivity contribution in [2.45, 2.75) is 32.7 Å². The molecule has 0 aliphatic carbocycles. The molecule has 0 saturated carbocycles. The summed E-state index contributed by atoms with van der Waals surface area (Å²) in [7, 11) is 0. The lowest BCUT2D eigenvalue weighted by molar-refractivity contribution is 0.478. The van der Waals surface area contributed by atoms with Crippen molar-refractivity contribution in [1.82, 2.24) is 14.9 Å². The van der Waals surface area contributed by atoms with Gasteiger partial charge in [-0.2, -0.15) is 0 Å². The summed E-state index contributed by atoms with van der Waals surface area (Å²) in [6, 6.07) is 10.2. The van der Waals surface area contributed by atoms with Crippen molar-refractivity contribution in [2.24, 2.45) is 0 Å². The van der Waals surface area contributed by atoms with Gasteiger partial charge >= 0.3 is 0 Å². The summed E-state index contributed by atoms with van der Waals surface area (Å²) in [6.45, 7) is 5.13. The van der Waals surface area contributed by atoms with Gasteiger partial charge in [-0.1, -0.05) is 43.0 Å². The van der Waals surface area contributed by atoms with Gasteiger partial charge in [0.15, 0.2) is 0 Å². The van der Waals surface area contributed by atoms with E-state index in [1.165, 1.54) is 11.5 Å². The number of para-hydroxylation sites is 1. The first kappa shape index (κ1) is 14.2. The molecule has 2 heterocycles. The minimum atomic E-state index is 0.0314. The third kappa shape index (κ3) is 2.84. The van der Waals surface area contributed by atoms with Gasteiger partial charge in [0.05, 0.1) is 10.6 Å².